The summed E-state index contributed by atoms with van der Waals surface area (Å²) in [4.78, 5) is 9.56. The molecule has 0 amide bonds. The minimum atomic E-state index is -0.172. The lowest BCUT2D eigenvalue weighted by Crippen LogP contribution is -2.14. The lowest BCUT2D eigenvalue weighted by Gasteiger charge is -2.14. The summed E-state index contributed by atoms with van der Waals surface area (Å²) in [7, 11) is 0. The Hall–Kier alpha value is -3.25. The van der Waals surface area contributed by atoms with E-state index in [1.807, 2.05) is 84.9 Å². The Balaban J connectivity index is 1.55. The van der Waals surface area contributed by atoms with E-state index in [0.29, 0.717) is 10.8 Å². The van der Waals surface area contributed by atoms with Crippen LogP contribution in [-0.4, -0.2) is 16.5 Å². The molecule has 1 atom stereocenters. The van der Waals surface area contributed by atoms with E-state index >= 15 is 0 Å². The van der Waals surface area contributed by atoms with E-state index in [2.05, 4.69) is 0 Å². The van der Waals surface area contributed by atoms with Crippen LogP contribution in [0.2, 0.25) is 5.02 Å². The van der Waals surface area contributed by atoms with Gasteiger partial charge in [0, 0.05) is 16.5 Å². The van der Waals surface area contributed by atoms with E-state index in [-0.39, 0.29) is 6.04 Å². The molecule has 0 radical (unpaired) electrons. The van der Waals surface area contributed by atoms with E-state index < -0.39 is 0 Å². The summed E-state index contributed by atoms with van der Waals surface area (Å²) in [5.41, 5.74) is 14.8. The highest BCUT2D eigenvalue weighted by atomic mass is 35.5. The van der Waals surface area contributed by atoms with Crippen molar-refractivity contribution >= 4 is 34.7 Å². The number of para-hydroxylation sites is 1. The zero-order valence-corrected chi connectivity index (χ0v) is 20.5. The van der Waals surface area contributed by atoms with E-state index in [0.717, 1.165) is 72.3 Å². The summed E-state index contributed by atoms with van der Waals surface area (Å²) in [6.07, 6.45) is 9.08. The molecule has 4 aromatic rings. The van der Waals surface area contributed by atoms with Crippen LogP contribution >= 0.6 is 11.6 Å². The summed E-state index contributed by atoms with van der Waals surface area (Å²) in [5, 5.41) is 1.58. The highest BCUT2D eigenvalue weighted by Crippen LogP contribution is 2.27. The molecule has 0 saturated heterocycles. The van der Waals surface area contributed by atoms with Gasteiger partial charge in [0.1, 0.15) is 11.5 Å². The Kier molecular flexibility index (Phi) is 8.85. The van der Waals surface area contributed by atoms with Gasteiger partial charge in [-0.3, -0.25) is 0 Å². The van der Waals surface area contributed by atoms with E-state index in [1.165, 1.54) is 0 Å². The van der Waals surface area contributed by atoms with Gasteiger partial charge < -0.3 is 16.2 Å². The number of fused-ring (bicyclic) bond motifs is 1. The zero-order chi connectivity index (χ0) is 24.5. The SMILES string of the molecule is NCCCCCCC(N)c1nc(/C=C/c2cccc(Oc3ccccc3)c2)nc2cc(Cl)ccc12. The molecule has 35 heavy (non-hydrogen) atoms. The second-order valence-electron chi connectivity index (χ2n) is 8.55. The summed E-state index contributed by atoms with van der Waals surface area (Å²) >= 11 is 6.26. The molecule has 5 nitrogen and oxygen atoms in total. The summed E-state index contributed by atoms with van der Waals surface area (Å²) in [6, 6.07) is 23.1. The van der Waals surface area contributed by atoms with Gasteiger partial charge in [0.15, 0.2) is 5.82 Å². The van der Waals surface area contributed by atoms with Crippen molar-refractivity contribution in [1.82, 2.24) is 9.97 Å². The van der Waals surface area contributed by atoms with Crippen LogP contribution < -0.4 is 16.2 Å². The predicted molar refractivity (Wildman–Crippen MR) is 146 cm³/mol. The topological polar surface area (TPSA) is 87.1 Å². The third-order valence-corrected chi connectivity index (χ3v) is 6.02. The molecule has 1 heterocycles. The minimum Gasteiger partial charge on any atom is -0.457 e. The maximum Gasteiger partial charge on any atom is 0.152 e. The number of aromatic nitrogens is 2. The highest BCUT2D eigenvalue weighted by Gasteiger charge is 2.14. The second-order valence-corrected chi connectivity index (χ2v) is 8.98. The van der Waals surface area contributed by atoms with Crippen molar-refractivity contribution in [2.45, 2.75) is 38.1 Å². The fourth-order valence-electron chi connectivity index (χ4n) is 3.98. The minimum absolute atomic E-state index is 0.172. The van der Waals surface area contributed by atoms with Crippen LogP contribution in [0.3, 0.4) is 0 Å². The maximum absolute atomic E-state index is 6.59. The van der Waals surface area contributed by atoms with Gasteiger partial charge in [-0.15, -0.1) is 0 Å². The van der Waals surface area contributed by atoms with Crippen LogP contribution in [0.5, 0.6) is 11.5 Å². The van der Waals surface area contributed by atoms with Gasteiger partial charge in [0.2, 0.25) is 0 Å². The number of hydrogen-bond acceptors (Lipinski definition) is 5. The van der Waals surface area contributed by atoms with Crippen molar-refractivity contribution in [3.8, 4) is 11.5 Å². The lowest BCUT2D eigenvalue weighted by molar-refractivity contribution is 0.482. The molecule has 1 unspecified atom stereocenters. The van der Waals surface area contributed by atoms with E-state index in [1.54, 1.807) is 0 Å². The number of benzene rings is 3. The molecule has 0 aliphatic heterocycles. The molecular formula is C29H31ClN4O. The quantitative estimate of drug-likeness (QED) is 0.220. The van der Waals surface area contributed by atoms with Crippen molar-refractivity contribution in [2.24, 2.45) is 11.5 Å². The Morgan fingerprint density at radius 3 is 2.46 bits per heavy atom. The molecule has 0 aliphatic carbocycles. The Morgan fingerprint density at radius 1 is 0.829 bits per heavy atom. The van der Waals surface area contributed by atoms with Gasteiger partial charge >= 0.3 is 0 Å². The number of nitrogens with zero attached hydrogens (tertiary/aromatic N) is 2. The van der Waals surface area contributed by atoms with Crippen LogP contribution in [-0.2, 0) is 0 Å². The van der Waals surface area contributed by atoms with Crippen molar-refractivity contribution in [1.29, 1.82) is 0 Å². The molecule has 180 valence electrons. The van der Waals surface area contributed by atoms with E-state index in [9.17, 15) is 0 Å². The highest BCUT2D eigenvalue weighted by molar-refractivity contribution is 6.31. The van der Waals surface area contributed by atoms with Crippen LogP contribution in [0.25, 0.3) is 23.1 Å². The molecule has 0 spiro atoms. The number of unbranched alkanes of at least 4 members (excludes halogenated alkanes) is 3. The molecule has 3 aromatic carbocycles. The number of halogens is 1. The summed E-state index contributed by atoms with van der Waals surface area (Å²) < 4.78 is 5.95. The largest absolute Gasteiger partial charge is 0.457 e. The maximum atomic E-state index is 6.59. The van der Waals surface area contributed by atoms with Gasteiger partial charge in [0.25, 0.3) is 0 Å². The first kappa shape index (κ1) is 24.9. The van der Waals surface area contributed by atoms with Crippen molar-refractivity contribution in [3.63, 3.8) is 0 Å². The number of nitrogens with two attached hydrogens (primary N) is 2. The Labute approximate surface area is 211 Å². The molecule has 4 rings (SSSR count). The van der Waals surface area contributed by atoms with Gasteiger partial charge in [-0.05, 0) is 73.5 Å². The number of hydrogen-bond donors (Lipinski definition) is 2. The van der Waals surface area contributed by atoms with E-state index in [4.69, 9.17) is 37.8 Å². The molecule has 0 saturated carbocycles. The molecule has 4 N–H and O–H groups in total. The average Bonchev–Trinajstić information content (AvgIpc) is 2.87. The number of ether oxygens (including phenoxy) is 1. The first-order valence-electron chi connectivity index (χ1n) is 12.1. The number of rotatable bonds is 11. The third-order valence-electron chi connectivity index (χ3n) is 5.79. The molecule has 0 fully saturated rings. The fraction of sp³-hybridized carbons (Fsp3) is 0.241. The van der Waals surface area contributed by atoms with Crippen LogP contribution in [0.4, 0.5) is 0 Å². The molecule has 6 heteroatoms. The predicted octanol–water partition coefficient (Wildman–Crippen LogP) is 7.15. The van der Waals surface area contributed by atoms with Crippen LogP contribution in [0.15, 0.2) is 72.8 Å². The Morgan fingerprint density at radius 2 is 1.63 bits per heavy atom. The third kappa shape index (κ3) is 7.12. The fourth-order valence-corrected chi connectivity index (χ4v) is 4.15. The zero-order valence-electron chi connectivity index (χ0n) is 19.7. The normalized spacial score (nSPS) is 12.3. The molecule has 0 bridgehead atoms. The van der Waals surface area contributed by atoms with Crippen molar-refractivity contribution in [2.75, 3.05) is 6.54 Å². The van der Waals surface area contributed by atoms with Gasteiger partial charge in [-0.2, -0.15) is 0 Å². The van der Waals surface area contributed by atoms with Crippen LogP contribution in [0.1, 0.15) is 55.2 Å². The van der Waals surface area contributed by atoms with Gasteiger partial charge in [-0.25, -0.2) is 9.97 Å². The molecule has 0 aliphatic rings. The summed E-state index contributed by atoms with van der Waals surface area (Å²) in [5.74, 6) is 2.16. The Bertz CT molecular complexity index is 1280. The standard InChI is InChI=1S/C29H31ClN4O/c30-22-15-16-25-27(20-22)33-28(34-29(25)26(32)13-6-1-2-7-18-31)17-14-21-9-8-12-24(19-21)35-23-10-4-3-5-11-23/h3-5,8-12,14-17,19-20,26H,1-2,6-7,13,18,31-32H2/b17-14+. The van der Waals surface area contributed by atoms with Gasteiger partial charge in [0.05, 0.1) is 11.2 Å². The first-order chi connectivity index (χ1) is 17.1. The van der Waals surface area contributed by atoms with Gasteiger partial charge in [-0.1, -0.05) is 67.3 Å². The van der Waals surface area contributed by atoms with Crippen molar-refractivity contribution in [3.05, 3.63) is 94.9 Å². The monoisotopic (exact) mass is 486 g/mol. The van der Waals surface area contributed by atoms with Crippen LogP contribution in [0, 0.1) is 0 Å². The smallest absolute Gasteiger partial charge is 0.152 e. The first-order valence-corrected chi connectivity index (χ1v) is 12.4. The molecule has 1 aromatic heterocycles. The molecular weight excluding hydrogens is 456 g/mol. The average molecular weight is 487 g/mol. The van der Waals surface area contributed by atoms with Crippen molar-refractivity contribution < 1.29 is 4.74 Å². The summed E-state index contributed by atoms with van der Waals surface area (Å²) in [6.45, 7) is 0.736. The lowest BCUT2D eigenvalue weighted by atomic mass is 10.0. The second kappa shape index (κ2) is 12.5.